The van der Waals surface area contributed by atoms with Crippen molar-refractivity contribution in [2.24, 2.45) is 0 Å². The molecule has 0 saturated carbocycles. The molecule has 2 nitrogen and oxygen atoms in total. The third-order valence-corrected chi connectivity index (χ3v) is 3.85. The van der Waals surface area contributed by atoms with E-state index in [0.717, 1.165) is 12.8 Å². The molecule has 0 aliphatic heterocycles. The number of rotatable bonds is 7. The van der Waals surface area contributed by atoms with Crippen LogP contribution in [0.5, 0.6) is 0 Å². The fourth-order valence-corrected chi connectivity index (χ4v) is 2.92. The summed E-state index contributed by atoms with van der Waals surface area (Å²) in [6, 6.07) is 10.1. The van der Waals surface area contributed by atoms with Gasteiger partial charge in [0.15, 0.2) is 0 Å². The Hall–Kier alpha value is -0.510. The average Bonchev–Trinajstić information content (AvgIpc) is 2.30. The first-order chi connectivity index (χ1) is 7.77. The Morgan fingerprint density at radius 3 is 2.44 bits per heavy atom. The molecule has 0 spiro atoms. The van der Waals surface area contributed by atoms with Crippen molar-refractivity contribution in [1.82, 2.24) is 0 Å². The molecule has 1 aromatic rings. The van der Waals surface area contributed by atoms with Crippen LogP contribution in [0.2, 0.25) is 0 Å². The van der Waals surface area contributed by atoms with E-state index in [2.05, 4.69) is 19.1 Å². The SMILES string of the molecule is CCC[C@@H](Sc1ccccc1)[C@H](O)CCO. The van der Waals surface area contributed by atoms with Crippen molar-refractivity contribution in [1.29, 1.82) is 0 Å². The van der Waals surface area contributed by atoms with Gasteiger partial charge in [-0.05, 0) is 25.0 Å². The largest absolute Gasteiger partial charge is 0.396 e. The van der Waals surface area contributed by atoms with Crippen molar-refractivity contribution >= 4 is 11.8 Å². The second-order valence-electron chi connectivity index (χ2n) is 3.84. The molecule has 90 valence electrons. The smallest absolute Gasteiger partial charge is 0.0684 e. The summed E-state index contributed by atoms with van der Waals surface area (Å²) >= 11 is 1.70. The lowest BCUT2D eigenvalue weighted by molar-refractivity contribution is 0.128. The average molecular weight is 240 g/mol. The molecule has 0 unspecified atom stereocenters. The molecule has 0 amide bonds. The zero-order valence-corrected chi connectivity index (χ0v) is 10.5. The van der Waals surface area contributed by atoms with E-state index >= 15 is 0 Å². The van der Waals surface area contributed by atoms with Gasteiger partial charge in [-0.15, -0.1) is 11.8 Å². The molecule has 0 heterocycles. The van der Waals surface area contributed by atoms with E-state index in [9.17, 15) is 5.11 Å². The molecule has 3 heteroatoms. The highest BCUT2D eigenvalue weighted by Crippen LogP contribution is 2.29. The van der Waals surface area contributed by atoms with Crippen LogP contribution in [-0.2, 0) is 0 Å². The lowest BCUT2D eigenvalue weighted by Gasteiger charge is -2.21. The number of aliphatic hydroxyl groups excluding tert-OH is 2. The molecule has 2 atom stereocenters. The molecular weight excluding hydrogens is 220 g/mol. The molecule has 0 radical (unpaired) electrons. The van der Waals surface area contributed by atoms with E-state index in [1.807, 2.05) is 18.2 Å². The summed E-state index contributed by atoms with van der Waals surface area (Å²) < 4.78 is 0. The maximum atomic E-state index is 9.92. The minimum absolute atomic E-state index is 0.0523. The van der Waals surface area contributed by atoms with Gasteiger partial charge >= 0.3 is 0 Å². The Balaban J connectivity index is 2.57. The molecule has 0 bridgehead atoms. The van der Waals surface area contributed by atoms with Crippen molar-refractivity contribution in [3.8, 4) is 0 Å². The zero-order chi connectivity index (χ0) is 11.8. The van der Waals surface area contributed by atoms with Crippen LogP contribution in [0, 0.1) is 0 Å². The molecule has 1 rings (SSSR count). The second-order valence-corrected chi connectivity index (χ2v) is 5.15. The van der Waals surface area contributed by atoms with Gasteiger partial charge in [-0.1, -0.05) is 31.5 Å². The predicted octanol–water partition coefficient (Wildman–Crippen LogP) is 2.69. The van der Waals surface area contributed by atoms with Crippen LogP contribution in [0.25, 0.3) is 0 Å². The third-order valence-electron chi connectivity index (χ3n) is 2.46. The van der Waals surface area contributed by atoms with E-state index in [4.69, 9.17) is 5.11 Å². The first kappa shape index (κ1) is 13.6. The van der Waals surface area contributed by atoms with Gasteiger partial charge in [0.2, 0.25) is 0 Å². The Kier molecular flexibility index (Phi) is 6.53. The highest BCUT2D eigenvalue weighted by atomic mass is 32.2. The number of hydrogen-bond acceptors (Lipinski definition) is 3. The van der Waals surface area contributed by atoms with Crippen molar-refractivity contribution in [2.75, 3.05) is 6.61 Å². The van der Waals surface area contributed by atoms with E-state index < -0.39 is 6.10 Å². The fraction of sp³-hybridized carbons (Fsp3) is 0.538. The summed E-state index contributed by atoms with van der Waals surface area (Å²) in [5, 5.41) is 19.0. The van der Waals surface area contributed by atoms with Crippen molar-refractivity contribution in [3.63, 3.8) is 0 Å². The lowest BCUT2D eigenvalue weighted by Crippen LogP contribution is -2.24. The summed E-state index contributed by atoms with van der Waals surface area (Å²) in [5.74, 6) is 0. The topological polar surface area (TPSA) is 40.5 Å². The highest BCUT2D eigenvalue weighted by molar-refractivity contribution is 8.00. The van der Waals surface area contributed by atoms with E-state index in [0.29, 0.717) is 6.42 Å². The first-order valence-electron chi connectivity index (χ1n) is 5.78. The Morgan fingerprint density at radius 1 is 1.19 bits per heavy atom. The maximum absolute atomic E-state index is 9.92. The fourth-order valence-electron chi connectivity index (χ4n) is 1.61. The highest BCUT2D eigenvalue weighted by Gasteiger charge is 2.18. The van der Waals surface area contributed by atoms with E-state index in [-0.39, 0.29) is 11.9 Å². The molecule has 1 aromatic carbocycles. The monoisotopic (exact) mass is 240 g/mol. The Bertz CT molecular complexity index is 277. The van der Waals surface area contributed by atoms with Crippen molar-refractivity contribution < 1.29 is 10.2 Å². The number of hydrogen-bond donors (Lipinski definition) is 2. The number of benzene rings is 1. The van der Waals surface area contributed by atoms with Crippen molar-refractivity contribution in [2.45, 2.75) is 42.4 Å². The van der Waals surface area contributed by atoms with Gasteiger partial charge in [0.1, 0.15) is 0 Å². The molecular formula is C13H20O2S. The summed E-state index contributed by atoms with van der Waals surface area (Å²) in [6.07, 6.45) is 2.06. The van der Waals surface area contributed by atoms with Gasteiger partial charge in [0, 0.05) is 16.8 Å². The molecule has 0 aliphatic rings. The molecule has 0 fully saturated rings. The normalized spacial score (nSPS) is 14.7. The standard InChI is InChI=1S/C13H20O2S/c1-2-6-13(12(15)9-10-14)16-11-7-4-3-5-8-11/h3-5,7-8,12-15H,2,6,9-10H2,1H3/t12-,13-/m1/s1. The van der Waals surface area contributed by atoms with Gasteiger partial charge in [-0.25, -0.2) is 0 Å². The molecule has 16 heavy (non-hydrogen) atoms. The minimum Gasteiger partial charge on any atom is -0.396 e. The predicted molar refractivity (Wildman–Crippen MR) is 68.7 cm³/mol. The maximum Gasteiger partial charge on any atom is 0.0684 e. The van der Waals surface area contributed by atoms with Crippen LogP contribution in [0.15, 0.2) is 35.2 Å². The van der Waals surface area contributed by atoms with Gasteiger partial charge in [0.25, 0.3) is 0 Å². The lowest BCUT2D eigenvalue weighted by atomic mass is 10.1. The minimum atomic E-state index is -0.421. The van der Waals surface area contributed by atoms with E-state index in [1.165, 1.54) is 4.90 Å². The van der Waals surface area contributed by atoms with E-state index in [1.54, 1.807) is 11.8 Å². The summed E-state index contributed by atoms with van der Waals surface area (Å²) in [7, 11) is 0. The second kappa shape index (κ2) is 7.71. The van der Waals surface area contributed by atoms with Crippen molar-refractivity contribution in [3.05, 3.63) is 30.3 Å². The molecule has 0 aromatic heterocycles. The van der Waals surface area contributed by atoms with Crippen LogP contribution < -0.4 is 0 Å². The van der Waals surface area contributed by atoms with Crippen LogP contribution in [0.1, 0.15) is 26.2 Å². The van der Waals surface area contributed by atoms with Crippen LogP contribution in [0.3, 0.4) is 0 Å². The Labute approximate surface area is 102 Å². The van der Waals surface area contributed by atoms with Gasteiger partial charge in [-0.3, -0.25) is 0 Å². The van der Waals surface area contributed by atoms with Crippen LogP contribution in [-0.4, -0.2) is 28.2 Å². The quantitative estimate of drug-likeness (QED) is 0.720. The third kappa shape index (κ3) is 4.56. The van der Waals surface area contributed by atoms with Gasteiger partial charge in [0.05, 0.1) is 6.10 Å². The van der Waals surface area contributed by atoms with Gasteiger partial charge < -0.3 is 10.2 Å². The summed E-state index contributed by atoms with van der Waals surface area (Å²) in [4.78, 5) is 1.18. The summed E-state index contributed by atoms with van der Waals surface area (Å²) in [5.41, 5.74) is 0. The molecule has 0 saturated heterocycles. The number of thioether (sulfide) groups is 1. The van der Waals surface area contributed by atoms with Crippen LogP contribution >= 0.6 is 11.8 Å². The zero-order valence-electron chi connectivity index (χ0n) is 9.67. The Morgan fingerprint density at radius 2 is 1.88 bits per heavy atom. The molecule has 2 N–H and O–H groups in total. The molecule has 0 aliphatic carbocycles. The van der Waals surface area contributed by atoms with Gasteiger partial charge in [-0.2, -0.15) is 0 Å². The first-order valence-corrected chi connectivity index (χ1v) is 6.66. The summed E-state index contributed by atoms with van der Waals surface area (Å²) in [6.45, 7) is 2.17. The van der Waals surface area contributed by atoms with Crippen LogP contribution in [0.4, 0.5) is 0 Å². The number of aliphatic hydroxyl groups is 2.